The Balaban J connectivity index is 2.41. The predicted octanol–water partition coefficient (Wildman–Crippen LogP) is 1.67. The third kappa shape index (κ3) is 2.31. The van der Waals surface area contributed by atoms with E-state index in [1.807, 2.05) is 6.07 Å². The van der Waals surface area contributed by atoms with E-state index in [0.717, 1.165) is 37.3 Å². The molecule has 0 atom stereocenters. The number of rotatable bonds is 3. The minimum atomic E-state index is 0.00534. The standard InChI is InChI=1S/C13H18N2O2/c1-4-15-6-5-12-10(8-15)7-11(9(2)16)13(14-12)17-3/h7H,4-6,8H2,1-3H3. The summed E-state index contributed by atoms with van der Waals surface area (Å²) in [5.41, 5.74) is 2.81. The van der Waals surface area contributed by atoms with E-state index in [2.05, 4.69) is 16.8 Å². The van der Waals surface area contributed by atoms with Crippen molar-refractivity contribution in [3.8, 4) is 5.88 Å². The highest BCUT2D eigenvalue weighted by atomic mass is 16.5. The molecule has 1 aliphatic heterocycles. The first-order chi connectivity index (χ1) is 8.15. The van der Waals surface area contributed by atoms with E-state index in [0.29, 0.717) is 11.4 Å². The summed E-state index contributed by atoms with van der Waals surface area (Å²) in [4.78, 5) is 18.3. The SMILES string of the molecule is CCN1CCc2nc(OC)c(C(C)=O)cc2C1. The van der Waals surface area contributed by atoms with E-state index in [1.165, 1.54) is 0 Å². The number of methoxy groups -OCH3 is 1. The summed E-state index contributed by atoms with van der Waals surface area (Å²) in [6, 6.07) is 1.94. The Morgan fingerprint density at radius 1 is 1.59 bits per heavy atom. The van der Waals surface area contributed by atoms with E-state index in [-0.39, 0.29) is 5.78 Å². The number of fused-ring (bicyclic) bond motifs is 1. The van der Waals surface area contributed by atoms with Gasteiger partial charge in [-0.05, 0) is 25.1 Å². The molecule has 0 aromatic carbocycles. The highest BCUT2D eigenvalue weighted by Gasteiger charge is 2.20. The van der Waals surface area contributed by atoms with Gasteiger partial charge in [-0.1, -0.05) is 6.92 Å². The summed E-state index contributed by atoms with van der Waals surface area (Å²) in [5, 5.41) is 0. The number of nitrogens with zero attached hydrogens (tertiary/aromatic N) is 2. The van der Waals surface area contributed by atoms with Crippen LogP contribution in [0, 0.1) is 0 Å². The zero-order chi connectivity index (χ0) is 12.4. The monoisotopic (exact) mass is 234 g/mol. The van der Waals surface area contributed by atoms with Gasteiger partial charge in [0.15, 0.2) is 5.78 Å². The third-order valence-corrected chi connectivity index (χ3v) is 3.23. The lowest BCUT2D eigenvalue weighted by Crippen LogP contribution is -2.31. The quantitative estimate of drug-likeness (QED) is 0.746. The molecule has 4 heteroatoms. The summed E-state index contributed by atoms with van der Waals surface area (Å²) in [6.45, 7) is 6.63. The summed E-state index contributed by atoms with van der Waals surface area (Å²) in [5.74, 6) is 0.465. The van der Waals surface area contributed by atoms with Crippen LogP contribution in [-0.2, 0) is 13.0 Å². The number of likely N-dealkylation sites (N-methyl/N-ethyl adjacent to an activating group) is 1. The van der Waals surface area contributed by atoms with Gasteiger partial charge in [0.2, 0.25) is 5.88 Å². The van der Waals surface area contributed by atoms with E-state index in [4.69, 9.17) is 4.74 Å². The largest absolute Gasteiger partial charge is 0.480 e. The second-order valence-electron chi connectivity index (χ2n) is 4.33. The van der Waals surface area contributed by atoms with Crippen LogP contribution in [0.1, 0.15) is 35.5 Å². The van der Waals surface area contributed by atoms with Gasteiger partial charge in [-0.2, -0.15) is 0 Å². The molecule has 1 aromatic heterocycles. The Kier molecular flexibility index (Phi) is 3.43. The Bertz CT molecular complexity index is 443. The van der Waals surface area contributed by atoms with Crippen LogP contribution in [0.5, 0.6) is 5.88 Å². The van der Waals surface area contributed by atoms with Crippen molar-refractivity contribution in [2.45, 2.75) is 26.8 Å². The van der Waals surface area contributed by atoms with E-state index < -0.39 is 0 Å². The molecule has 0 fully saturated rings. The fourth-order valence-corrected chi connectivity index (χ4v) is 2.19. The second kappa shape index (κ2) is 4.84. The van der Waals surface area contributed by atoms with Crippen LogP contribution < -0.4 is 4.74 Å². The molecule has 0 saturated heterocycles. The molecule has 0 bridgehead atoms. The minimum Gasteiger partial charge on any atom is -0.480 e. The summed E-state index contributed by atoms with van der Waals surface area (Å²) < 4.78 is 5.18. The normalized spacial score (nSPS) is 15.5. The van der Waals surface area contributed by atoms with Crippen LogP contribution in [0.3, 0.4) is 0 Å². The second-order valence-corrected chi connectivity index (χ2v) is 4.33. The number of carbonyl (C=O) groups is 1. The molecule has 0 saturated carbocycles. The lowest BCUT2D eigenvalue weighted by atomic mass is 10.0. The van der Waals surface area contributed by atoms with Crippen LogP contribution in [0.15, 0.2) is 6.07 Å². The molecule has 0 radical (unpaired) electrons. The molecule has 2 heterocycles. The van der Waals surface area contributed by atoms with Gasteiger partial charge < -0.3 is 4.74 Å². The predicted molar refractivity (Wildman–Crippen MR) is 65.4 cm³/mol. The van der Waals surface area contributed by atoms with Crippen molar-refractivity contribution in [1.29, 1.82) is 0 Å². The van der Waals surface area contributed by atoms with Crippen molar-refractivity contribution in [3.63, 3.8) is 0 Å². The molecule has 2 rings (SSSR count). The maximum Gasteiger partial charge on any atom is 0.224 e. The van der Waals surface area contributed by atoms with Gasteiger partial charge in [0.1, 0.15) is 0 Å². The summed E-state index contributed by atoms with van der Waals surface area (Å²) in [7, 11) is 1.56. The topological polar surface area (TPSA) is 42.4 Å². The molecule has 0 spiro atoms. The third-order valence-electron chi connectivity index (χ3n) is 3.23. The van der Waals surface area contributed by atoms with Gasteiger partial charge in [-0.15, -0.1) is 0 Å². The number of carbonyl (C=O) groups excluding carboxylic acids is 1. The average molecular weight is 234 g/mol. The lowest BCUT2D eigenvalue weighted by Gasteiger charge is -2.27. The summed E-state index contributed by atoms with van der Waals surface area (Å²) in [6.07, 6.45) is 0.928. The Morgan fingerprint density at radius 3 is 2.94 bits per heavy atom. The molecule has 1 aromatic rings. The van der Waals surface area contributed by atoms with Crippen molar-refractivity contribution in [2.24, 2.45) is 0 Å². The van der Waals surface area contributed by atoms with Crippen molar-refractivity contribution in [2.75, 3.05) is 20.2 Å². The maximum absolute atomic E-state index is 11.5. The molecule has 1 aliphatic rings. The minimum absolute atomic E-state index is 0.00534. The van der Waals surface area contributed by atoms with Crippen molar-refractivity contribution >= 4 is 5.78 Å². The van der Waals surface area contributed by atoms with Gasteiger partial charge in [-0.25, -0.2) is 4.98 Å². The van der Waals surface area contributed by atoms with E-state index in [1.54, 1.807) is 14.0 Å². The van der Waals surface area contributed by atoms with E-state index >= 15 is 0 Å². The highest BCUT2D eigenvalue weighted by Crippen LogP contribution is 2.24. The molecule has 0 N–H and O–H groups in total. The van der Waals surface area contributed by atoms with Crippen LogP contribution in [0.4, 0.5) is 0 Å². The fourth-order valence-electron chi connectivity index (χ4n) is 2.19. The van der Waals surface area contributed by atoms with Crippen LogP contribution >= 0.6 is 0 Å². The molecule has 92 valence electrons. The van der Waals surface area contributed by atoms with Crippen LogP contribution in [0.2, 0.25) is 0 Å². The number of Topliss-reactive ketones (excluding diaryl/α,β-unsaturated/α-hetero) is 1. The number of pyridine rings is 1. The van der Waals surface area contributed by atoms with Crippen LogP contribution in [-0.4, -0.2) is 35.9 Å². The Labute approximate surface area is 102 Å². The fraction of sp³-hybridized carbons (Fsp3) is 0.538. The molecular weight excluding hydrogens is 216 g/mol. The molecule has 0 unspecified atom stereocenters. The lowest BCUT2D eigenvalue weighted by molar-refractivity contribution is 0.101. The Morgan fingerprint density at radius 2 is 2.35 bits per heavy atom. The maximum atomic E-state index is 11.5. The molecule has 0 amide bonds. The van der Waals surface area contributed by atoms with Crippen LogP contribution in [0.25, 0.3) is 0 Å². The molecule has 0 aliphatic carbocycles. The van der Waals surface area contributed by atoms with Gasteiger partial charge in [0.25, 0.3) is 0 Å². The summed E-state index contributed by atoms with van der Waals surface area (Å²) >= 11 is 0. The van der Waals surface area contributed by atoms with Gasteiger partial charge in [-0.3, -0.25) is 9.69 Å². The van der Waals surface area contributed by atoms with Crippen molar-refractivity contribution < 1.29 is 9.53 Å². The number of hydrogen-bond donors (Lipinski definition) is 0. The van der Waals surface area contributed by atoms with Crippen molar-refractivity contribution in [3.05, 3.63) is 22.9 Å². The number of ketones is 1. The Hall–Kier alpha value is -1.42. The zero-order valence-electron chi connectivity index (χ0n) is 10.6. The molecule has 4 nitrogen and oxygen atoms in total. The first kappa shape index (κ1) is 12.0. The smallest absolute Gasteiger partial charge is 0.224 e. The van der Waals surface area contributed by atoms with Gasteiger partial charge >= 0.3 is 0 Å². The number of hydrogen-bond acceptors (Lipinski definition) is 4. The average Bonchev–Trinajstić information content (AvgIpc) is 2.36. The molecular formula is C13H18N2O2. The number of aromatic nitrogens is 1. The molecule has 17 heavy (non-hydrogen) atoms. The first-order valence-electron chi connectivity index (χ1n) is 5.95. The zero-order valence-corrected chi connectivity index (χ0v) is 10.6. The number of ether oxygens (including phenoxy) is 1. The highest BCUT2D eigenvalue weighted by molar-refractivity contribution is 5.96. The van der Waals surface area contributed by atoms with Gasteiger partial charge in [0, 0.05) is 19.5 Å². The first-order valence-corrected chi connectivity index (χ1v) is 5.95. The van der Waals surface area contributed by atoms with Gasteiger partial charge in [0.05, 0.1) is 18.4 Å². The van der Waals surface area contributed by atoms with E-state index in [9.17, 15) is 4.79 Å². The van der Waals surface area contributed by atoms with Crippen molar-refractivity contribution in [1.82, 2.24) is 9.88 Å².